The predicted molar refractivity (Wildman–Crippen MR) is 266 cm³/mol. The van der Waals surface area contributed by atoms with Crippen molar-refractivity contribution in [2.24, 2.45) is 0 Å². The van der Waals surface area contributed by atoms with Crippen molar-refractivity contribution in [3.63, 3.8) is 0 Å². The summed E-state index contributed by atoms with van der Waals surface area (Å²) in [4.78, 5) is 0. The van der Waals surface area contributed by atoms with Crippen LogP contribution in [0.5, 0.6) is 0 Å². The quantitative estimate of drug-likeness (QED) is 0.173. The molecule has 0 heterocycles. The topological polar surface area (TPSA) is 38.0 Å². The zero-order valence-corrected chi connectivity index (χ0v) is 38.2. The molecule has 0 fully saturated rings. The average Bonchev–Trinajstić information content (AvgIpc) is 3.62. The molecule has 2 nitrogen and oxygen atoms in total. The summed E-state index contributed by atoms with van der Waals surface area (Å²) in [5, 5.41) is 3.74. The van der Waals surface area contributed by atoms with Crippen molar-refractivity contribution in [3.05, 3.63) is 219 Å². The lowest BCUT2D eigenvalue weighted by molar-refractivity contribution is 0.659. The Labute approximate surface area is 371 Å². The maximum absolute atomic E-state index is 5.86. The summed E-state index contributed by atoms with van der Waals surface area (Å²) in [5.74, 6) is 0. The molecule has 0 spiro atoms. The molecule has 2 aliphatic carbocycles. The zero-order chi connectivity index (χ0) is 43.1. The van der Waals surface area contributed by atoms with Crippen LogP contribution in [0.15, 0.2) is 174 Å². The molecular formula is C58H55BrN2. The van der Waals surface area contributed by atoms with Crippen molar-refractivity contribution in [1.29, 1.82) is 0 Å². The molecule has 10 rings (SSSR count). The first-order valence-electron chi connectivity index (χ1n) is 21.2. The van der Waals surface area contributed by atoms with Crippen molar-refractivity contribution < 1.29 is 0 Å². The SMILES string of the molecule is Cc1cc2c(cc1Br)-c1ccccc1C2(C)C.Cc1ccc(-c2ccccc2)cc1N.Cc1ccc(-c2ccccc2)cc1Nc1cc2c(cc1C)C(C)(C)c1ccccc1-2. The molecule has 0 saturated carbocycles. The van der Waals surface area contributed by atoms with Crippen LogP contribution in [0.2, 0.25) is 0 Å². The van der Waals surface area contributed by atoms with Crippen LogP contribution in [0.1, 0.15) is 72.2 Å². The van der Waals surface area contributed by atoms with Gasteiger partial charge in [0.25, 0.3) is 0 Å². The van der Waals surface area contributed by atoms with E-state index in [1.54, 1.807) is 0 Å². The first-order chi connectivity index (χ1) is 29.2. The Hall–Kier alpha value is -6.16. The van der Waals surface area contributed by atoms with Gasteiger partial charge in [0, 0.05) is 32.4 Å². The molecule has 3 N–H and O–H groups in total. The van der Waals surface area contributed by atoms with Gasteiger partial charge < -0.3 is 11.1 Å². The third-order valence-corrected chi connectivity index (χ3v) is 13.6. The van der Waals surface area contributed by atoms with E-state index in [-0.39, 0.29) is 10.8 Å². The summed E-state index contributed by atoms with van der Waals surface area (Å²) < 4.78 is 1.20. The number of anilines is 3. The number of nitrogens with one attached hydrogen (secondary N) is 1. The summed E-state index contributed by atoms with van der Waals surface area (Å²) in [5.41, 5.74) is 30.2. The van der Waals surface area contributed by atoms with Gasteiger partial charge in [-0.2, -0.15) is 0 Å². The standard InChI is InChI=1S/C29H27N.C16H15Br.C13H13N/c1-19-14-15-22(21-10-6-5-7-11-21)17-27(19)30-28-18-24-23-12-8-9-13-25(23)29(3,4)26(24)16-20(28)2;1-10-8-14-12(9-15(10)17)11-6-4-5-7-13(11)16(14,2)3;1-10-7-8-12(9-13(10)14)11-5-3-2-4-6-11/h5-18,30H,1-4H3;4-9H,1-3H3;2-9H,14H2,1H3. The van der Waals surface area contributed by atoms with Crippen LogP contribution >= 0.6 is 15.9 Å². The maximum atomic E-state index is 5.86. The fraction of sp³-hybridized carbons (Fsp3) is 0.172. The minimum atomic E-state index is 0.0400. The number of fused-ring (bicyclic) bond motifs is 6. The third kappa shape index (κ3) is 8.08. The monoisotopic (exact) mass is 858 g/mol. The Kier molecular flexibility index (Phi) is 11.4. The highest BCUT2D eigenvalue weighted by molar-refractivity contribution is 9.10. The van der Waals surface area contributed by atoms with E-state index in [9.17, 15) is 0 Å². The molecule has 0 aliphatic heterocycles. The fourth-order valence-corrected chi connectivity index (χ4v) is 9.33. The molecule has 8 aromatic carbocycles. The first-order valence-corrected chi connectivity index (χ1v) is 22.0. The van der Waals surface area contributed by atoms with Crippen LogP contribution in [0.4, 0.5) is 17.1 Å². The van der Waals surface area contributed by atoms with Crippen LogP contribution in [-0.2, 0) is 10.8 Å². The zero-order valence-electron chi connectivity index (χ0n) is 36.6. The number of rotatable bonds is 4. The molecule has 0 saturated heterocycles. The summed E-state index contributed by atoms with van der Waals surface area (Å²) in [7, 11) is 0. The molecular weight excluding hydrogens is 805 g/mol. The van der Waals surface area contributed by atoms with E-state index in [1.807, 2.05) is 31.2 Å². The van der Waals surface area contributed by atoms with Crippen molar-refractivity contribution in [2.45, 2.75) is 66.2 Å². The van der Waals surface area contributed by atoms with Crippen molar-refractivity contribution in [3.8, 4) is 44.5 Å². The smallest absolute Gasteiger partial charge is 0.0420 e. The lowest BCUT2D eigenvalue weighted by Gasteiger charge is -2.22. The van der Waals surface area contributed by atoms with Crippen LogP contribution in [0, 0.1) is 27.7 Å². The van der Waals surface area contributed by atoms with E-state index < -0.39 is 0 Å². The Balaban J connectivity index is 0.000000140. The number of nitrogens with two attached hydrogens (primary N) is 1. The minimum Gasteiger partial charge on any atom is -0.398 e. The highest BCUT2D eigenvalue weighted by Crippen LogP contribution is 2.51. The molecule has 0 radical (unpaired) electrons. The molecule has 2 aliphatic rings. The lowest BCUT2D eigenvalue weighted by Crippen LogP contribution is -2.15. The predicted octanol–water partition coefficient (Wildman–Crippen LogP) is 16.3. The van der Waals surface area contributed by atoms with Gasteiger partial charge in [-0.3, -0.25) is 0 Å². The maximum Gasteiger partial charge on any atom is 0.0420 e. The van der Waals surface area contributed by atoms with Gasteiger partial charge in [0.1, 0.15) is 0 Å². The molecule has 0 amide bonds. The Morgan fingerprint density at radius 1 is 0.377 bits per heavy atom. The number of aryl methyl sites for hydroxylation is 4. The van der Waals surface area contributed by atoms with E-state index in [0.717, 1.165) is 16.9 Å². The van der Waals surface area contributed by atoms with Crippen LogP contribution in [-0.4, -0.2) is 0 Å². The second-order valence-corrected chi connectivity index (χ2v) is 18.5. The van der Waals surface area contributed by atoms with Crippen molar-refractivity contribution >= 4 is 33.0 Å². The largest absolute Gasteiger partial charge is 0.398 e. The van der Waals surface area contributed by atoms with E-state index in [1.165, 1.54) is 93.6 Å². The number of halogens is 1. The normalized spacial score (nSPS) is 13.3. The van der Waals surface area contributed by atoms with Crippen molar-refractivity contribution in [2.75, 3.05) is 11.1 Å². The van der Waals surface area contributed by atoms with Crippen LogP contribution in [0.3, 0.4) is 0 Å². The summed E-state index contributed by atoms with van der Waals surface area (Å²) in [6.45, 7) is 17.8. The molecule has 0 aromatic heterocycles. The molecule has 3 heteroatoms. The van der Waals surface area contributed by atoms with Gasteiger partial charge in [0.05, 0.1) is 0 Å². The van der Waals surface area contributed by atoms with Gasteiger partial charge in [-0.25, -0.2) is 0 Å². The third-order valence-electron chi connectivity index (χ3n) is 12.8. The van der Waals surface area contributed by atoms with E-state index in [4.69, 9.17) is 5.73 Å². The highest BCUT2D eigenvalue weighted by atomic mass is 79.9. The highest BCUT2D eigenvalue weighted by Gasteiger charge is 2.36. The lowest BCUT2D eigenvalue weighted by atomic mass is 9.82. The molecule has 0 unspecified atom stereocenters. The number of nitrogen functional groups attached to an aromatic ring is 1. The summed E-state index contributed by atoms with van der Waals surface area (Å²) in [6.07, 6.45) is 0. The van der Waals surface area contributed by atoms with E-state index in [2.05, 4.69) is 215 Å². The summed E-state index contributed by atoms with van der Waals surface area (Å²) in [6, 6.07) is 60.5. The Bertz CT molecular complexity index is 2890. The number of hydrogen-bond acceptors (Lipinski definition) is 2. The Morgan fingerprint density at radius 3 is 1.36 bits per heavy atom. The van der Waals surface area contributed by atoms with Gasteiger partial charge in [-0.15, -0.1) is 0 Å². The molecule has 8 aromatic rings. The molecule has 304 valence electrons. The second-order valence-electron chi connectivity index (χ2n) is 17.7. The van der Waals surface area contributed by atoms with Crippen LogP contribution < -0.4 is 11.1 Å². The first kappa shape index (κ1) is 41.6. The van der Waals surface area contributed by atoms with Gasteiger partial charge in [-0.1, -0.05) is 189 Å². The van der Waals surface area contributed by atoms with E-state index in [0.29, 0.717) is 0 Å². The molecule has 61 heavy (non-hydrogen) atoms. The number of benzene rings is 8. The average molecular weight is 860 g/mol. The minimum absolute atomic E-state index is 0.0400. The van der Waals surface area contributed by atoms with E-state index >= 15 is 0 Å². The number of hydrogen-bond donors (Lipinski definition) is 2. The Morgan fingerprint density at radius 2 is 0.820 bits per heavy atom. The van der Waals surface area contributed by atoms with Gasteiger partial charge in [-0.05, 0) is 141 Å². The van der Waals surface area contributed by atoms with Gasteiger partial charge >= 0.3 is 0 Å². The van der Waals surface area contributed by atoms with Gasteiger partial charge in [0.2, 0.25) is 0 Å². The second kappa shape index (κ2) is 16.7. The molecule has 0 atom stereocenters. The molecule has 0 bridgehead atoms. The van der Waals surface area contributed by atoms with Crippen LogP contribution in [0.25, 0.3) is 44.5 Å². The van der Waals surface area contributed by atoms with Gasteiger partial charge in [0.15, 0.2) is 0 Å². The summed E-state index contributed by atoms with van der Waals surface area (Å²) >= 11 is 3.64. The van der Waals surface area contributed by atoms with Crippen molar-refractivity contribution in [1.82, 2.24) is 0 Å². The fourth-order valence-electron chi connectivity index (χ4n) is 8.98.